The van der Waals surface area contributed by atoms with Gasteiger partial charge in [0.1, 0.15) is 5.82 Å². The molecule has 0 spiro atoms. The smallest absolute Gasteiger partial charge is 0.136 e. The van der Waals surface area contributed by atoms with Gasteiger partial charge in [0, 0.05) is 24.8 Å². The first-order chi connectivity index (χ1) is 10.8. The van der Waals surface area contributed by atoms with Crippen LogP contribution < -0.4 is 4.90 Å². The highest BCUT2D eigenvalue weighted by Gasteiger charge is 2.24. The summed E-state index contributed by atoms with van der Waals surface area (Å²) in [5.74, 6) is 1.06. The third kappa shape index (κ3) is 2.61. The molecule has 116 valence electrons. The normalized spacial score (nSPS) is 16.6. The summed E-state index contributed by atoms with van der Waals surface area (Å²) in [5.41, 5.74) is 4.79. The number of pyridine rings is 1. The molecule has 3 heteroatoms. The van der Waals surface area contributed by atoms with E-state index in [2.05, 4.69) is 48.0 Å². The van der Waals surface area contributed by atoms with Crippen molar-refractivity contribution in [1.82, 2.24) is 4.98 Å². The summed E-state index contributed by atoms with van der Waals surface area (Å²) in [6.07, 6.45) is 4.44. The van der Waals surface area contributed by atoms with Crippen LogP contribution in [0.15, 0.2) is 36.5 Å². The van der Waals surface area contributed by atoms with Crippen LogP contribution in [0.3, 0.4) is 0 Å². The fourth-order valence-electron chi connectivity index (χ4n) is 3.43. The number of fused-ring (bicyclic) bond motifs is 1. The van der Waals surface area contributed by atoms with E-state index in [0.29, 0.717) is 0 Å². The summed E-state index contributed by atoms with van der Waals surface area (Å²) < 4.78 is 0. The fourth-order valence-corrected chi connectivity index (χ4v) is 3.43. The lowest BCUT2D eigenvalue weighted by Gasteiger charge is -2.24. The number of anilines is 1. The Morgan fingerprint density at radius 3 is 2.77 bits per heavy atom. The average molecular weight is 296 g/mol. The van der Waals surface area contributed by atoms with Gasteiger partial charge in [0.2, 0.25) is 0 Å². The van der Waals surface area contributed by atoms with Gasteiger partial charge in [-0.1, -0.05) is 25.1 Å². The second-order valence-corrected chi connectivity index (χ2v) is 5.88. The quantitative estimate of drug-likeness (QED) is 0.907. The molecule has 0 aliphatic heterocycles. The van der Waals surface area contributed by atoms with Gasteiger partial charge in [0.25, 0.3) is 0 Å². The summed E-state index contributed by atoms with van der Waals surface area (Å²) >= 11 is 0. The zero-order valence-corrected chi connectivity index (χ0v) is 13.4. The highest BCUT2D eigenvalue weighted by atomic mass is 16.3. The molecule has 0 amide bonds. The molecule has 1 unspecified atom stereocenters. The maximum Gasteiger partial charge on any atom is 0.136 e. The topological polar surface area (TPSA) is 36.4 Å². The van der Waals surface area contributed by atoms with E-state index in [1.807, 2.05) is 12.3 Å². The molecule has 0 fully saturated rings. The van der Waals surface area contributed by atoms with Crippen molar-refractivity contribution in [2.75, 3.05) is 18.0 Å². The minimum absolute atomic E-state index is 0.312. The van der Waals surface area contributed by atoms with Crippen LogP contribution in [0.2, 0.25) is 0 Å². The molecule has 3 rings (SSSR count). The summed E-state index contributed by atoms with van der Waals surface area (Å²) in [4.78, 5) is 6.99. The minimum Gasteiger partial charge on any atom is -0.388 e. The number of aliphatic hydroxyl groups excluding tert-OH is 1. The zero-order chi connectivity index (χ0) is 15.5. The molecular weight excluding hydrogens is 272 g/mol. The Morgan fingerprint density at radius 2 is 2.00 bits per heavy atom. The van der Waals surface area contributed by atoms with E-state index in [9.17, 15) is 5.11 Å². The predicted molar refractivity (Wildman–Crippen MR) is 91.1 cm³/mol. The van der Waals surface area contributed by atoms with Crippen LogP contribution in [0.4, 0.5) is 5.82 Å². The Morgan fingerprint density at radius 1 is 1.18 bits per heavy atom. The molecule has 1 aromatic heterocycles. The molecule has 22 heavy (non-hydrogen) atoms. The van der Waals surface area contributed by atoms with E-state index in [0.717, 1.165) is 43.7 Å². The molecule has 3 nitrogen and oxygen atoms in total. The van der Waals surface area contributed by atoms with Crippen LogP contribution >= 0.6 is 0 Å². The van der Waals surface area contributed by atoms with Gasteiger partial charge in [-0.15, -0.1) is 0 Å². The molecule has 0 saturated heterocycles. The molecule has 1 atom stereocenters. The first-order valence-electron chi connectivity index (χ1n) is 8.26. The van der Waals surface area contributed by atoms with Gasteiger partial charge >= 0.3 is 0 Å². The van der Waals surface area contributed by atoms with Crippen molar-refractivity contribution in [3.05, 3.63) is 47.7 Å². The van der Waals surface area contributed by atoms with Crippen molar-refractivity contribution in [2.24, 2.45) is 0 Å². The molecular formula is C19H24N2O. The minimum atomic E-state index is -0.312. The highest BCUT2D eigenvalue weighted by molar-refractivity contribution is 5.79. The molecule has 1 aromatic carbocycles. The van der Waals surface area contributed by atoms with Crippen molar-refractivity contribution in [3.63, 3.8) is 0 Å². The molecule has 1 N–H and O–H groups in total. The lowest BCUT2D eigenvalue weighted by atomic mass is 9.96. The first kappa shape index (κ1) is 15.0. The summed E-state index contributed by atoms with van der Waals surface area (Å²) in [6, 6.07) is 10.4. The second kappa shape index (κ2) is 6.49. The SMILES string of the molecule is CCCN(CC)c1ncccc1-c1cccc2c1CCC2O. The van der Waals surface area contributed by atoms with Crippen molar-refractivity contribution >= 4 is 5.82 Å². The van der Waals surface area contributed by atoms with Crippen LogP contribution in [0.5, 0.6) is 0 Å². The van der Waals surface area contributed by atoms with Crippen molar-refractivity contribution in [1.29, 1.82) is 0 Å². The van der Waals surface area contributed by atoms with Gasteiger partial charge in [-0.3, -0.25) is 0 Å². The van der Waals surface area contributed by atoms with Gasteiger partial charge < -0.3 is 10.0 Å². The molecule has 1 aliphatic carbocycles. The number of benzene rings is 1. The number of nitrogens with zero attached hydrogens (tertiary/aromatic N) is 2. The summed E-state index contributed by atoms with van der Waals surface area (Å²) in [7, 11) is 0. The Balaban J connectivity index is 2.10. The van der Waals surface area contributed by atoms with Gasteiger partial charge in [-0.2, -0.15) is 0 Å². The summed E-state index contributed by atoms with van der Waals surface area (Å²) in [6.45, 7) is 6.34. The van der Waals surface area contributed by atoms with Crippen LogP contribution in [-0.4, -0.2) is 23.2 Å². The van der Waals surface area contributed by atoms with E-state index in [1.54, 1.807) is 0 Å². The maximum atomic E-state index is 10.1. The van der Waals surface area contributed by atoms with E-state index in [4.69, 9.17) is 0 Å². The van der Waals surface area contributed by atoms with Gasteiger partial charge in [0.15, 0.2) is 0 Å². The number of rotatable bonds is 5. The van der Waals surface area contributed by atoms with Crippen LogP contribution in [0.25, 0.3) is 11.1 Å². The van der Waals surface area contributed by atoms with E-state index >= 15 is 0 Å². The van der Waals surface area contributed by atoms with Crippen LogP contribution in [-0.2, 0) is 6.42 Å². The van der Waals surface area contributed by atoms with E-state index < -0.39 is 0 Å². The second-order valence-electron chi connectivity index (χ2n) is 5.88. The van der Waals surface area contributed by atoms with Crippen molar-refractivity contribution in [2.45, 2.75) is 39.2 Å². The Labute approximate surface area is 132 Å². The van der Waals surface area contributed by atoms with Crippen molar-refractivity contribution in [3.8, 4) is 11.1 Å². The molecule has 1 aliphatic rings. The molecule has 0 saturated carbocycles. The monoisotopic (exact) mass is 296 g/mol. The summed E-state index contributed by atoms with van der Waals surface area (Å²) in [5, 5.41) is 10.1. The lowest BCUT2D eigenvalue weighted by molar-refractivity contribution is 0.180. The lowest BCUT2D eigenvalue weighted by Crippen LogP contribution is -2.25. The largest absolute Gasteiger partial charge is 0.388 e. The number of aliphatic hydroxyl groups is 1. The average Bonchev–Trinajstić information content (AvgIpc) is 2.94. The third-order valence-corrected chi connectivity index (χ3v) is 4.49. The molecule has 0 bridgehead atoms. The van der Waals surface area contributed by atoms with E-state index in [1.165, 1.54) is 16.7 Å². The number of aromatic nitrogens is 1. The van der Waals surface area contributed by atoms with Crippen LogP contribution in [0, 0.1) is 0 Å². The number of hydrogen-bond donors (Lipinski definition) is 1. The van der Waals surface area contributed by atoms with Crippen molar-refractivity contribution < 1.29 is 5.11 Å². The standard InChI is InChI=1S/C19H24N2O/c1-3-13-21(4-2)19-17(9-6-12-20-19)14-7-5-8-16-15(14)10-11-18(16)22/h5-9,12,18,22H,3-4,10-11,13H2,1-2H3. The maximum absolute atomic E-state index is 10.1. The fraction of sp³-hybridized carbons (Fsp3) is 0.421. The zero-order valence-electron chi connectivity index (χ0n) is 13.4. The third-order valence-electron chi connectivity index (χ3n) is 4.49. The Bertz CT molecular complexity index is 654. The van der Waals surface area contributed by atoms with Crippen LogP contribution in [0.1, 0.15) is 43.9 Å². The highest BCUT2D eigenvalue weighted by Crippen LogP contribution is 2.40. The molecule has 1 heterocycles. The first-order valence-corrected chi connectivity index (χ1v) is 8.26. The molecule has 2 aromatic rings. The molecule has 0 radical (unpaired) electrons. The van der Waals surface area contributed by atoms with Gasteiger partial charge in [-0.05, 0) is 55.0 Å². The number of hydrogen-bond acceptors (Lipinski definition) is 3. The Hall–Kier alpha value is -1.87. The predicted octanol–water partition coefficient (Wildman–Crippen LogP) is 3.96. The van der Waals surface area contributed by atoms with Gasteiger partial charge in [0.05, 0.1) is 6.10 Å². The van der Waals surface area contributed by atoms with E-state index in [-0.39, 0.29) is 6.10 Å². The van der Waals surface area contributed by atoms with Gasteiger partial charge in [-0.25, -0.2) is 4.98 Å². The Kier molecular flexibility index (Phi) is 4.44.